The first-order valence-corrected chi connectivity index (χ1v) is 11.9. The third-order valence-electron chi connectivity index (χ3n) is 6.76. The van der Waals surface area contributed by atoms with Crippen molar-refractivity contribution in [3.8, 4) is 5.75 Å². The van der Waals surface area contributed by atoms with E-state index in [-0.39, 0.29) is 11.9 Å². The van der Waals surface area contributed by atoms with Gasteiger partial charge in [0.1, 0.15) is 11.2 Å². The maximum atomic E-state index is 13.3. The first kappa shape index (κ1) is 25.5. The van der Waals surface area contributed by atoms with Gasteiger partial charge in [0.2, 0.25) is 0 Å². The molecule has 0 radical (unpaired) electrons. The second kappa shape index (κ2) is 10.0. The van der Waals surface area contributed by atoms with Crippen LogP contribution in [0.1, 0.15) is 62.8 Å². The van der Waals surface area contributed by atoms with E-state index in [0.29, 0.717) is 19.6 Å². The van der Waals surface area contributed by atoms with Crippen LogP contribution in [0.15, 0.2) is 48.0 Å². The monoisotopic (exact) mass is 464 g/mol. The van der Waals surface area contributed by atoms with Gasteiger partial charge in [-0.05, 0) is 93.9 Å². The standard InChI is InChI=1S/C29H36O5/c1-8-33-27(31)29(21(4)25(29)22-13-10-9-11-14-22)23-17-20(3)24(18-19(23)2)34-16-12-15-28(5,6)26(30)32-7/h9-11,13-14,17-18H,8,12,15-16H2,1-7H3. The molecule has 0 fully saturated rings. The molecule has 0 saturated heterocycles. The van der Waals surface area contributed by atoms with E-state index < -0.39 is 10.8 Å². The Labute approximate surface area is 203 Å². The number of aryl methyl sites for hydroxylation is 2. The van der Waals surface area contributed by atoms with Gasteiger partial charge in [-0.15, -0.1) is 0 Å². The predicted molar refractivity (Wildman–Crippen MR) is 134 cm³/mol. The second-order valence-electron chi connectivity index (χ2n) is 9.60. The Kier molecular flexibility index (Phi) is 7.54. The van der Waals surface area contributed by atoms with Crippen LogP contribution in [-0.2, 0) is 24.5 Å². The Morgan fingerprint density at radius 1 is 1.00 bits per heavy atom. The van der Waals surface area contributed by atoms with Crippen molar-refractivity contribution in [2.75, 3.05) is 20.3 Å². The van der Waals surface area contributed by atoms with Gasteiger partial charge in [0, 0.05) is 0 Å². The molecule has 0 bridgehead atoms. The number of carbonyl (C=O) groups is 2. The largest absolute Gasteiger partial charge is 0.493 e. The molecule has 3 rings (SSSR count). The molecule has 2 aromatic rings. The number of ether oxygens (including phenoxy) is 3. The third kappa shape index (κ3) is 4.61. The molecule has 0 aliphatic heterocycles. The van der Waals surface area contributed by atoms with E-state index in [1.54, 1.807) is 0 Å². The topological polar surface area (TPSA) is 61.8 Å². The summed E-state index contributed by atoms with van der Waals surface area (Å²) in [5.74, 6) is 0.345. The lowest BCUT2D eigenvalue weighted by Crippen LogP contribution is -2.29. The van der Waals surface area contributed by atoms with E-state index >= 15 is 0 Å². The summed E-state index contributed by atoms with van der Waals surface area (Å²) in [6.07, 6.45) is 1.40. The molecule has 1 aliphatic rings. The SMILES string of the molecule is CCOC(=O)C1(c2cc(C)c(OCCCC(C)(C)C(=O)OC)cc2C)C(C)=C1c1ccccc1. The van der Waals surface area contributed by atoms with E-state index in [9.17, 15) is 9.59 Å². The first-order chi connectivity index (χ1) is 16.1. The molecule has 5 heteroatoms. The summed E-state index contributed by atoms with van der Waals surface area (Å²) in [7, 11) is 1.41. The lowest BCUT2D eigenvalue weighted by atomic mass is 9.82. The van der Waals surface area contributed by atoms with Gasteiger partial charge >= 0.3 is 11.9 Å². The molecule has 2 aromatic carbocycles. The Morgan fingerprint density at radius 2 is 1.68 bits per heavy atom. The molecular weight excluding hydrogens is 428 g/mol. The molecule has 0 spiro atoms. The first-order valence-electron chi connectivity index (χ1n) is 11.9. The fraction of sp³-hybridized carbons (Fsp3) is 0.448. The van der Waals surface area contributed by atoms with Crippen LogP contribution in [0, 0.1) is 19.3 Å². The molecule has 0 N–H and O–H groups in total. The zero-order valence-corrected chi connectivity index (χ0v) is 21.4. The maximum Gasteiger partial charge on any atom is 0.325 e. The fourth-order valence-corrected chi connectivity index (χ4v) is 4.81. The van der Waals surface area contributed by atoms with Gasteiger partial charge in [0.05, 0.1) is 25.7 Å². The van der Waals surface area contributed by atoms with Crippen molar-refractivity contribution in [3.05, 3.63) is 70.3 Å². The van der Waals surface area contributed by atoms with E-state index in [1.165, 1.54) is 7.11 Å². The smallest absolute Gasteiger partial charge is 0.325 e. The molecule has 182 valence electrons. The highest BCUT2D eigenvalue weighted by Gasteiger charge is 2.60. The van der Waals surface area contributed by atoms with Gasteiger partial charge in [-0.1, -0.05) is 36.4 Å². The minimum atomic E-state index is -0.852. The number of esters is 2. The zero-order chi connectivity index (χ0) is 25.1. The highest BCUT2D eigenvalue weighted by atomic mass is 16.5. The van der Waals surface area contributed by atoms with Crippen LogP contribution >= 0.6 is 0 Å². The Bertz CT molecular complexity index is 1100. The summed E-state index contributed by atoms with van der Waals surface area (Å²) in [6.45, 7) is 12.4. The fourth-order valence-electron chi connectivity index (χ4n) is 4.81. The highest BCUT2D eigenvalue weighted by molar-refractivity contribution is 6.15. The van der Waals surface area contributed by atoms with Gasteiger partial charge < -0.3 is 14.2 Å². The Morgan fingerprint density at radius 3 is 2.29 bits per heavy atom. The summed E-state index contributed by atoms with van der Waals surface area (Å²) in [4.78, 5) is 25.2. The van der Waals surface area contributed by atoms with E-state index in [0.717, 1.165) is 45.6 Å². The Balaban J connectivity index is 1.83. The van der Waals surface area contributed by atoms with Crippen molar-refractivity contribution in [2.45, 2.75) is 59.8 Å². The van der Waals surface area contributed by atoms with Crippen LogP contribution < -0.4 is 4.74 Å². The quantitative estimate of drug-likeness (QED) is 0.321. The number of methoxy groups -OCH3 is 1. The van der Waals surface area contributed by atoms with Crippen LogP contribution in [-0.4, -0.2) is 32.3 Å². The van der Waals surface area contributed by atoms with E-state index in [1.807, 2.05) is 77.9 Å². The lowest BCUT2D eigenvalue weighted by Gasteiger charge is -2.23. The van der Waals surface area contributed by atoms with E-state index in [2.05, 4.69) is 6.07 Å². The minimum absolute atomic E-state index is 0.213. The summed E-state index contributed by atoms with van der Waals surface area (Å²) in [5.41, 5.74) is 4.58. The van der Waals surface area contributed by atoms with Crippen LogP contribution in [0.3, 0.4) is 0 Å². The number of hydrogen-bond donors (Lipinski definition) is 0. The highest BCUT2D eigenvalue weighted by Crippen LogP contribution is 2.61. The van der Waals surface area contributed by atoms with Gasteiger partial charge in [-0.25, -0.2) is 0 Å². The van der Waals surface area contributed by atoms with E-state index in [4.69, 9.17) is 14.2 Å². The summed E-state index contributed by atoms with van der Waals surface area (Å²) >= 11 is 0. The van der Waals surface area contributed by atoms with Crippen molar-refractivity contribution >= 4 is 17.5 Å². The summed E-state index contributed by atoms with van der Waals surface area (Å²) in [5, 5.41) is 0. The van der Waals surface area contributed by atoms with Gasteiger partial charge in [0.15, 0.2) is 0 Å². The number of hydrogen-bond acceptors (Lipinski definition) is 5. The zero-order valence-electron chi connectivity index (χ0n) is 21.4. The molecule has 0 saturated carbocycles. The second-order valence-corrected chi connectivity index (χ2v) is 9.60. The summed E-state index contributed by atoms with van der Waals surface area (Å²) < 4.78 is 16.5. The maximum absolute atomic E-state index is 13.3. The number of rotatable bonds is 10. The molecule has 1 unspecified atom stereocenters. The van der Waals surface area contributed by atoms with Gasteiger partial charge in [0.25, 0.3) is 0 Å². The van der Waals surface area contributed by atoms with Crippen molar-refractivity contribution in [3.63, 3.8) is 0 Å². The number of benzene rings is 2. The normalized spacial score (nSPS) is 17.4. The molecule has 5 nitrogen and oxygen atoms in total. The molecule has 0 heterocycles. The van der Waals surface area contributed by atoms with Crippen molar-refractivity contribution in [2.24, 2.45) is 5.41 Å². The predicted octanol–water partition coefficient (Wildman–Crippen LogP) is 5.95. The third-order valence-corrected chi connectivity index (χ3v) is 6.76. The van der Waals surface area contributed by atoms with Gasteiger partial charge in [-0.3, -0.25) is 9.59 Å². The van der Waals surface area contributed by atoms with Crippen molar-refractivity contribution < 1.29 is 23.8 Å². The average Bonchev–Trinajstić information content (AvgIpc) is 3.44. The molecular formula is C29H36O5. The van der Waals surface area contributed by atoms with Crippen LogP contribution in [0.25, 0.3) is 5.57 Å². The van der Waals surface area contributed by atoms with Crippen LogP contribution in [0.4, 0.5) is 0 Å². The van der Waals surface area contributed by atoms with Gasteiger partial charge in [-0.2, -0.15) is 0 Å². The average molecular weight is 465 g/mol. The lowest BCUT2D eigenvalue weighted by molar-refractivity contribution is -0.151. The molecule has 0 amide bonds. The molecule has 34 heavy (non-hydrogen) atoms. The summed E-state index contributed by atoms with van der Waals surface area (Å²) in [6, 6.07) is 14.1. The Hall–Kier alpha value is -3.08. The molecule has 1 aliphatic carbocycles. The van der Waals surface area contributed by atoms with Crippen LogP contribution in [0.5, 0.6) is 5.75 Å². The minimum Gasteiger partial charge on any atom is -0.493 e. The van der Waals surface area contributed by atoms with Crippen molar-refractivity contribution in [1.29, 1.82) is 0 Å². The van der Waals surface area contributed by atoms with Crippen LogP contribution in [0.2, 0.25) is 0 Å². The van der Waals surface area contributed by atoms with Crippen molar-refractivity contribution in [1.82, 2.24) is 0 Å². The molecule has 1 atom stereocenters. The number of carbonyl (C=O) groups excluding carboxylic acids is 2. The molecule has 0 aromatic heterocycles.